The van der Waals surface area contributed by atoms with E-state index in [1.54, 1.807) is 13.8 Å². The summed E-state index contributed by atoms with van der Waals surface area (Å²) >= 11 is 0. The molecule has 1 rings (SSSR count). The van der Waals surface area contributed by atoms with E-state index in [0.29, 0.717) is 12.8 Å². The monoisotopic (exact) mass is 279 g/mol. The number of hydrogen-bond acceptors (Lipinski definition) is 3. The molecule has 0 radical (unpaired) electrons. The predicted molar refractivity (Wildman–Crippen MR) is 74.6 cm³/mol. The fourth-order valence-electron chi connectivity index (χ4n) is 2.00. The van der Waals surface area contributed by atoms with Gasteiger partial charge in [0.15, 0.2) is 0 Å². The topological polar surface area (TPSA) is 75.6 Å². The Balaban J connectivity index is 2.45. The fourth-order valence-corrected chi connectivity index (χ4v) is 2.00. The van der Waals surface area contributed by atoms with Gasteiger partial charge >= 0.3 is 5.97 Å². The van der Waals surface area contributed by atoms with Gasteiger partial charge in [0.05, 0.1) is 12.0 Å². The zero-order valence-electron chi connectivity index (χ0n) is 11.9. The minimum absolute atomic E-state index is 0.0792. The third-order valence-electron chi connectivity index (χ3n) is 3.57. The molecule has 0 fully saturated rings. The van der Waals surface area contributed by atoms with Gasteiger partial charge in [-0.2, -0.15) is 0 Å². The summed E-state index contributed by atoms with van der Waals surface area (Å²) in [5, 5.41) is 9.26. The van der Waals surface area contributed by atoms with Crippen LogP contribution in [0.25, 0.3) is 0 Å². The standard InChI is InChI=1S/C15H21NO4/c1-3-15(4-2,14(18)19)10-13(17)16-20-11-12-8-6-5-7-9-12/h5-9H,3-4,10-11H2,1-2H3,(H,16,17)(H,18,19). The highest BCUT2D eigenvalue weighted by Crippen LogP contribution is 2.30. The molecule has 110 valence electrons. The number of carbonyl (C=O) groups is 2. The summed E-state index contributed by atoms with van der Waals surface area (Å²) in [6.07, 6.45) is 0.736. The van der Waals surface area contributed by atoms with Crippen LogP contribution in [0.15, 0.2) is 30.3 Å². The van der Waals surface area contributed by atoms with Crippen LogP contribution in [-0.4, -0.2) is 17.0 Å². The smallest absolute Gasteiger partial charge is 0.310 e. The maximum absolute atomic E-state index is 11.8. The lowest BCUT2D eigenvalue weighted by Crippen LogP contribution is -2.36. The van der Waals surface area contributed by atoms with Crippen molar-refractivity contribution in [1.29, 1.82) is 0 Å². The van der Waals surface area contributed by atoms with E-state index in [9.17, 15) is 14.7 Å². The molecule has 1 amide bonds. The van der Waals surface area contributed by atoms with Crippen LogP contribution < -0.4 is 5.48 Å². The summed E-state index contributed by atoms with van der Waals surface area (Å²) in [7, 11) is 0. The maximum Gasteiger partial charge on any atom is 0.310 e. The molecule has 0 atom stereocenters. The average molecular weight is 279 g/mol. The molecule has 0 aromatic heterocycles. The number of amides is 1. The molecule has 5 heteroatoms. The highest BCUT2D eigenvalue weighted by molar-refractivity contribution is 5.84. The number of benzene rings is 1. The van der Waals surface area contributed by atoms with Crippen LogP contribution in [0.4, 0.5) is 0 Å². The van der Waals surface area contributed by atoms with Crippen molar-refractivity contribution in [2.75, 3.05) is 0 Å². The zero-order valence-corrected chi connectivity index (χ0v) is 11.9. The molecule has 0 aliphatic rings. The predicted octanol–water partition coefficient (Wildman–Crippen LogP) is 2.52. The van der Waals surface area contributed by atoms with Crippen LogP contribution in [0, 0.1) is 5.41 Å². The maximum atomic E-state index is 11.8. The Kier molecular flexibility index (Phi) is 6.18. The van der Waals surface area contributed by atoms with Crippen molar-refractivity contribution in [3.63, 3.8) is 0 Å². The van der Waals surface area contributed by atoms with E-state index >= 15 is 0 Å². The summed E-state index contributed by atoms with van der Waals surface area (Å²) in [5.74, 6) is -1.35. The van der Waals surface area contributed by atoms with Crippen molar-refractivity contribution in [1.82, 2.24) is 5.48 Å². The molecule has 0 spiro atoms. The Hall–Kier alpha value is -1.88. The minimum atomic E-state index is -1.01. The van der Waals surface area contributed by atoms with Gasteiger partial charge in [0, 0.05) is 6.42 Å². The number of hydroxylamine groups is 1. The number of carbonyl (C=O) groups excluding carboxylic acids is 1. The Labute approximate surface area is 118 Å². The highest BCUT2D eigenvalue weighted by Gasteiger charge is 2.37. The van der Waals surface area contributed by atoms with Gasteiger partial charge in [-0.25, -0.2) is 5.48 Å². The lowest BCUT2D eigenvalue weighted by molar-refractivity contribution is -0.155. The van der Waals surface area contributed by atoms with Crippen molar-refractivity contribution < 1.29 is 19.5 Å². The number of nitrogens with one attached hydrogen (secondary N) is 1. The molecule has 20 heavy (non-hydrogen) atoms. The number of carboxylic acids is 1. The van der Waals surface area contributed by atoms with Gasteiger partial charge in [0.25, 0.3) is 0 Å². The van der Waals surface area contributed by atoms with E-state index in [0.717, 1.165) is 5.56 Å². The second kappa shape index (κ2) is 7.65. The van der Waals surface area contributed by atoms with Crippen LogP contribution in [0.2, 0.25) is 0 Å². The van der Waals surface area contributed by atoms with E-state index in [1.807, 2.05) is 30.3 Å². The Morgan fingerprint density at radius 3 is 2.30 bits per heavy atom. The first kappa shape index (κ1) is 16.2. The van der Waals surface area contributed by atoms with Crippen molar-refractivity contribution in [2.24, 2.45) is 5.41 Å². The Morgan fingerprint density at radius 2 is 1.80 bits per heavy atom. The third-order valence-corrected chi connectivity index (χ3v) is 3.57. The molecule has 5 nitrogen and oxygen atoms in total. The molecule has 0 saturated heterocycles. The van der Waals surface area contributed by atoms with Crippen LogP contribution in [0.3, 0.4) is 0 Å². The SMILES string of the molecule is CCC(CC)(CC(=O)NOCc1ccccc1)C(=O)O. The van der Waals surface area contributed by atoms with Crippen molar-refractivity contribution >= 4 is 11.9 Å². The molecule has 0 unspecified atom stereocenters. The lowest BCUT2D eigenvalue weighted by atomic mass is 9.79. The molecular weight excluding hydrogens is 258 g/mol. The van der Waals surface area contributed by atoms with Gasteiger partial charge < -0.3 is 5.11 Å². The first-order valence-electron chi connectivity index (χ1n) is 6.72. The summed E-state index contributed by atoms with van der Waals surface area (Å²) < 4.78 is 0. The van der Waals surface area contributed by atoms with E-state index in [4.69, 9.17) is 4.84 Å². The molecule has 1 aromatic carbocycles. The normalized spacial score (nSPS) is 11.1. The van der Waals surface area contributed by atoms with Gasteiger partial charge in [0.1, 0.15) is 0 Å². The fraction of sp³-hybridized carbons (Fsp3) is 0.467. The van der Waals surface area contributed by atoms with Crippen molar-refractivity contribution in [3.8, 4) is 0 Å². The van der Waals surface area contributed by atoms with Crippen LogP contribution in [0.5, 0.6) is 0 Å². The molecule has 0 saturated carbocycles. The number of aliphatic carboxylic acids is 1. The van der Waals surface area contributed by atoms with E-state index in [-0.39, 0.29) is 13.0 Å². The van der Waals surface area contributed by atoms with Crippen LogP contribution in [0.1, 0.15) is 38.7 Å². The largest absolute Gasteiger partial charge is 0.481 e. The van der Waals surface area contributed by atoms with E-state index in [2.05, 4.69) is 5.48 Å². The van der Waals surface area contributed by atoms with Crippen LogP contribution in [-0.2, 0) is 21.0 Å². The second-order valence-electron chi connectivity index (χ2n) is 4.77. The van der Waals surface area contributed by atoms with Gasteiger partial charge in [0.2, 0.25) is 5.91 Å². The lowest BCUT2D eigenvalue weighted by Gasteiger charge is -2.25. The Morgan fingerprint density at radius 1 is 1.20 bits per heavy atom. The molecule has 0 aliphatic heterocycles. The number of hydrogen-bond donors (Lipinski definition) is 2. The summed E-state index contributed by atoms with van der Waals surface area (Å²) in [4.78, 5) is 28.2. The molecule has 2 N–H and O–H groups in total. The van der Waals surface area contributed by atoms with Gasteiger partial charge in [-0.05, 0) is 18.4 Å². The van der Waals surface area contributed by atoms with E-state index in [1.165, 1.54) is 0 Å². The van der Waals surface area contributed by atoms with Gasteiger partial charge in [-0.1, -0.05) is 44.2 Å². The van der Waals surface area contributed by atoms with Crippen LogP contribution >= 0.6 is 0 Å². The molecular formula is C15H21NO4. The molecule has 1 aromatic rings. The quantitative estimate of drug-likeness (QED) is 0.717. The summed E-state index contributed by atoms with van der Waals surface area (Å²) in [5.41, 5.74) is 2.23. The number of rotatable bonds is 8. The first-order valence-corrected chi connectivity index (χ1v) is 6.72. The number of carboxylic acid groups (broad SMARTS) is 1. The second-order valence-corrected chi connectivity index (χ2v) is 4.77. The Bertz CT molecular complexity index is 440. The summed E-state index contributed by atoms with van der Waals surface area (Å²) in [6, 6.07) is 9.41. The zero-order chi connectivity index (χ0) is 15.0. The average Bonchev–Trinajstić information content (AvgIpc) is 2.45. The van der Waals surface area contributed by atoms with Gasteiger partial charge in [-0.3, -0.25) is 14.4 Å². The summed E-state index contributed by atoms with van der Waals surface area (Å²) in [6.45, 7) is 3.80. The minimum Gasteiger partial charge on any atom is -0.481 e. The molecule has 0 heterocycles. The van der Waals surface area contributed by atoms with E-state index < -0.39 is 17.3 Å². The van der Waals surface area contributed by atoms with Crippen molar-refractivity contribution in [3.05, 3.63) is 35.9 Å². The molecule has 0 aliphatic carbocycles. The molecule has 0 bridgehead atoms. The van der Waals surface area contributed by atoms with Gasteiger partial charge in [-0.15, -0.1) is 0 Å². The first-order chi connectivity index (χ1) is 9.54. The highest BCUT2D eigenvalue weighted by atomic mass is 16.6. The van der Waals surface area contributed by atoms with Crippen molar-refractivity contribution in [2.45, 2.75) is 39.7 Å². The third kappa shape index (κ3) is 4.35.